The predicted octanol–water partition coefficient (Wildman–Crippen LogP) is 1.81. The lowest BCUT2D eigenvalue weighted by Crippen LogP contribution is -2.43. The van der Waals surface area contributed by atoms with Gasteiger partial charge < -0.3 is 5.11 Å². The number of hydrogen-bond donors (Lipinski definition) is 1. The Morgan fingerprint density at radius 1 is 1.37 bits per heavy atom. The van der Waals surface area contributed by atoms with E-state index in [2.05, 4.69) is 0 Å². The molecule has 7 nitrogen and oxygen atoms in total. The van der Waals surface area contributed by atoms with Crippen LogP contribution in [-0.4, -0.2) is 27.9 Å². The second-order valence-electron chi connectivity index (χ2n) is 3.92. The number of carbonyl (C=O) groups is 2. The number of non-ortho nitro benzene ring substituents is 1. The molecule has 0 saturated heterocycles. The smallest absolute Gasteiger partial charge is 0.326 e. The number of anilines is 1. The number of carbonyl (C=O) groups excluding carboxylic acids is 1. The Morgan fingerprint density at radius 2 is 1.89 bits per heavy atom. The Labute approximate surface area is 109 Å². The van der Waals surface area contributed by atoms with E-state index in [0.717, 1.165) is 4.90 Å². The van der Waals surface area contributed by atoms with Gasteiger partial charge in [-0.15, -0.1) is 0 Å². The standard InChI is InChI=1S/C12H14N2O5/c1-3-11(12(16)17)13(8(2)15)9-4-6-10(7-5-9)14(18)19/h4-7,11H,3H2,1-2H3,(H,16,17). The van der Waals surface area contributed by atoms with Crippen molar-refractivity contribution in [2.75, 3.05) is 4.90 Å². The first-order valence-corrected chi connectivity index (χ1v) is 5.65. The van der Waals surface area contributed by atoms with Crippen molar-refractivity contribution >= 4 is 23.3 Å². The molecule has 0 radical (unpaired) electrons. The van der Waals surface area contributed by atoms with Gasteiger partial charge in [-0.25, -0.2) is 4.79 Å². The van der Waals surface area contributed by atoms with Crippen LogP contribution in [0.4, 0.5) is 11.4 Å². The highest BCUT2D eigenvalue weighted by molar-refractivity contribution is 5.97. The van der Waals surface area contributed by atoms with Crippen molar-refractivity contribution < 1.29 is 19.6 Å². The largest absolute Gasteiger partial charge is 0.480 e. The third-order valence-electron chi connectivity index (χ3n) is 2.66. The van der Waals surface area contributed by atoms with E-state index in [1.54, 1.807) is 6.92 Å². The number of carboxylic acids is 1. The summed E-state index contributed by atoms with van der Waals surface area (Å²) < 4.78 is 0. The lowest BCUT2D eigenvalue weighted by molar-refractivity contribution is -0.384. The molecular formula is C12H14N2O5. The third-order valence-corrected chi connectivity index (χ3v) is 2.66. The fraction of sp³-hybridized carbons (Fsp3) is 0.333. The van der Waals surface area contributed by atoms with Crippen LogP contribution in [0.25, 0.3) is 0 Å². The maximum atomic E-state index is 11.6. The Hall–Kier alpha value is -2.44. The zero-order valence-corrected chi connectivity index (χ0v) is 10.6. The van der Waals surface area contributed by atoms with Crippen LogP contribution < -0.4 is 4.90 Å². The number of aliphatic carboxylic acids is 1. The van der Waals surface area contributed by atoms with E-state index in [1.807, 2.05) is 0 Å². The molecule has 1 atom stereocenters. The minimum Gasteiger partial charge on any atom is -0.480 e. The minimum absolute atomic E-state index is 0.115. The number of nitrogens with zero attached hydrogens (tertiary/aromatic N) is 2. The average Bonchev–Trinajstić information content (AvgIpc) is 2.34. The number of carboxylic acid groups (broad SMARTS) is 1. The molecule has 1 N–H and O–H groups in total. The van der Waals surface area contributed by atoms with Gasteiger partial charge in [0.1, 0.15) is 6.04 Å². The summed E-state index contributed by atoms with van der Waals surface area (Å²) in [6.07, 6.45) is 0.242. The predicted molar refractivity (Wildman–Crippen MR) is 68.0 cm³/mol. The van der Waals surface area contributed by atoms with E-state index in [0.29, 0.717) is 5.69 Å². The van der Waals surface area contributed by atoms with Gasteiger partial charge in [-0.2, -0.15) is 0 Å². The van der Waals surface area contributed by atoms with Crippen molar-refractivity contribution in [1.29, 1.82) is 0 Å². The molecule has 0 aliphatic heterocycles. The fourth-order valence-electron chi connectivity index (χ4n) is 1.78. The lowest BCUT2D eigenvalue weighted by Gasteiger charge is -2.27. The summed E-state index contributed by atoms with van der Waals surface area (Å²) in [6, 6.07) is 4.22. The maximum Gasteiger partial charge on any atom is 0.326 e. The van der Waals surface area contributed by atoms with Crippen LogP contribution in [0.3, 0.4) is 0 Å². The highest BCUT2D eigenvalue weighted by atomic mass is 16.6. The van der Waals surface area contributed by atoms with Crippen molar-refractivity contribution in [3.05, 3.63) is 34.4 Å². The van der Waals surface area contributed by atoms with E-state index in [9.17, 15) is 19.7 Å². The number of nitro benzene ring substituents is 1. The molecule has 1 unspecified atom stereocenters. The van der Waals surface area contributed by atoms with E-state index in [1.165, 1.54) is 31.2 Å². The monoisotopic (exact) mass is 266 g/mol. The zero-order valence-electron chi connectivity index (χ0n) is 10.6. The third kappa shape index (κ3) is 3.27. The molecule has 19 heavy (non-hydrogen) atoms. The van der Waals surface area contributed by atoms with Crippen molar-refractivity contribution in [2.24, 2.45) is 0 Å². The van der Waals surface area contributed by atoms with Crippen molar-refractivity contribution in [3.8, 4) is 0 Å². The zero-order chi connectivity index (χ0) is 14.6. The van der Waals surface area contributed by atoms with E-state index >= 15 is 0 Å². The minimum atomic E-state index is -1.11. The maximum absolute atomic E-state index is 11.6. The first-order valence-electron chi connectivity index (χ1n) is 5.65. The number of nitro groups is 1. The first kappa shape index (κ1) is 14.6. The van der Waals surface area contributed by atoms with Crippen LogP contribution in [0.1, 0.15) is 20.3 Å². The van der Waals surface area contributed by atoms with Crippen molar-refractivity contribution in [1.82, 2.24) is 0 Å². The second-order valence-corrected chi connectivity index (χ2v) is 3.92. The van der Waals surface area contributed by atoms with Gasteiger partial charge in [0, 0.05) is 24.7 Å². The van der Waals surface area contributed by atoms with Crippen molar-refractivity contribution in [3.63, 3.8) is 0 Å². The molecular weight excluding hydrogens is 252 g/mol. The number of amides is 1. The van der Waals surface area contributed by atoms with Crippen LogP contribution in [0.5, 0.6) is 0 Å². The van der Waals surface area contributed by atoms with Crippen LogP contribution >= 0.6 is 0 Å². The molecule has 1 aromatic rings. The van der Waals surface area contributed by atoms with Gasteiger partial charge in [0.25, 0.3) is 5.69 Å². The average molecular weight is 266 g/mol. The summed E-state index contributed by atoms with van der Waals surface area (Å²) in [4.78, 5) is 33.8. The van der Waals surface area contributed by atoms with Gasteiger partial charge in [0.2, 0.25) is 5.91 Å². The summed E-state index contributed by atoms with van der Waals surface area (Å²) in [6.45, 7) is 2.91. The summed E-state index contributed by atoms with van der Waals surface area (Å²) in [5.41, 5.74) is 0.211. The van der Waals surface area contributed by atoms with Crippen LogP contribution in [0.15, 0.2) is 24.3 Å². The fourth-order valence-corrected chi connectivity index (χ4v) is 1.78. The molecule has 0 saturated carbocycles. The molecule has 0 heterocycles. The highest BCUT2D eigenvalue weighted by Crippen LogP contribution is 2.22. The first-order chi connectivity index (χ1) is 8.88. The summed E-state index contributed by atoms with van der Waals surface area (Å²) in [5.74, 6) is -1.54. The van der Waals surface area contributed by atoms with Gasteiger partial charge in [-0.1, -0.05) is 6.92 Å². The topological polar surface area (TPSA) is 101 Å². The molecule has 7 heteroatoms. The Bertz CT molecular complexity index is 497. The number of rotatable bonds is 5. The quantitative estimate of drug-likeness (QED) is 0.647. The van der Waals surface area contributed by atoms with E-state index in [4.69, 9.17) is 5.11 Å². The number of benzene rings is 1. The second kappa shape index (κ2) is 5.94. The highest BCUT2D eigenvalue weighted by Gasteiger charge is 2.27. The molecule has 1 amide bonds. The molecule has 0 aliphatic carbocycles. The molecule has 0 spiro atoms. The van der Waals surface area contributed by atoms with Gasteiger partial charge in [0.05, 0.1) is 4.92 Å². The normalized spacial score (nSPS) is 11.7. The van der Waals surface area contributed by atoms with Gasteiger partial charge in [0.15, 0.2) is 0 Å². The van der Waals surface area contributed by atoms with E-state index in [-0.39, 0.29) is 12.1 Å². The molecule has 1 rings (SSSR count). The van der Waals surface area contributed by atoms with Crippen LogP contribution in [0, 0.1) is 10.1 Å². The molecule has 0 fully saturated rings. The molecule has 0 bridgehead atoms. The summed E-state index contributed by atoms with van der Waals surface area (Å²) in [7, 11) is 0. The van der Waals surface area contributed by atoms with Crippen LogP contribution in [-0.2, 0) is 9.59 Å². The molecule has 102 valence electrons. The lowest BCUT2D eigenvalue weighted by atomic mass is 10.1. The van der Waals surface area contributed by atoms with Gasteiger partial charge in [-0.3, -0.25) is 19.8 Å². The van der Waals surface area contributed by atoms with Gasteiger partial charge >= 0.3 is 5.97 Å². The molecule has 0 aliphatic rings. The SMILES string of the molecule is CCC(C(=O)O)N(C(C)=O)c1ccc([N+](=O)[O-])cc1. The van der Waals surface area contributed by atoms with E-state index < -0.39 is 22.8 Å². The summed E-state index contributed by atoms with van der Waals surface area (Å²) >= 11 is 0. The van der Waals surface area contributed by atoms with Crippen LogP contribution in [0.2, 0.25) is 0 Å². The Kier molecular flexibility index (Phi) is 4.57. The van der Waals surface area contributed by atoms with Gasteiger partial charge in [-0.05, 0) is 18.6 Å². The Balaban J connectivity index is 3.16. The molecule has 1 aromatic carbocycles. The number of hydrogen-bond acceptors (Lipinski definition) is 4. The molecule has 0 aromatic heterocycles. The summed E-state index contributed by atoms with van der Waals surface area (Å²) in [5, 5.41) is 19.6. The van der Waals surface area contributed by atoms with Crippen molar-refractivity contribution in [2.45, 2.75) is 26.3 Å². The Morgan fingerprint density at radius 3 is 2.21 bits per heavy atom.